The lowest BCUT2D eigenvalue weighted by atomic mass is 10.1. The van der Waals surface area contributed by atoms with Gasteiger partial charge in [0.25, 0.3) is 5.91 Å². The van der Waals surface area contributed by atoms with E-state index in [4.69, 9.17) is 9.90 Å². The van der Waals surface area contributed by atoms with E-state index >= 15 is 0 Å². The fourth-order valence-electron chi connectivity index (χ4n) is 3.57. The molecule has 3 N–H and O–H groups in total. The van der Waals surface area contributed by atoms with Crippen LogP contribution in [0.2, 0.25) is 0 Å². The van der Waals surface area contributed by atoms with Crippen molar-refractivity contribution in [1.29, 1.82) is 0 Å². The highest BCUT2D eigenvalue weighted by atomic mass is 19.4. The Morgan fingerprint density at radius 2 is 1.71 bits per heavy atom. The summed E-state index contributed by atoms with van der Waals surface area (Å²) in [7, 11) is 1.85. The second-order valence-corrected chi connectivity index (χ2v) is 8.52. The predicted octanol–water partition coefficient (Wildman–Crippen LogP) is 5.13. The largest absolute Gasteiger partial charge is 0.490 e. The Bertz CT molecular complexity index is 1300. The third-order valence-electron chi connectivity index (χ3n) is 5.24. The zero-order chi connectivity index (χ0) is 28.6. The molecule has 0 atom stereocenters. The average Bonchev–Trinajstić information content (AvgIpc) is 3.17. The number of nitrogens with zero attached hydrogens (tertiary/aromatic N) is 3. The van der Waals surface area contributed by atoms with Crippen LogP contribution in [-0.4, -0.2) is 51.1 Å². The minimum absolute atomic E-state index is 0.128. The fraction of sp³-hybridized carbons (Fsp3) is 0.308. The van der Waals surface area contributed by atoms with Crippen LogP contribution in [-0.2, 0) is 17.9 Å². The number of halogens is 3. The molecule has 9 nitrogen and oxygen atoms in total. The van der Waals surface area contributed by atoms with Crippen LogP contribution in [0.3, 0.4) is 0 Å². The van der Waals surface area contributed by atoms with Crippen LogP contribution in [0.15, 0.2) is 48.5 Å². The number of carbonyl (C=O) groups is 3. The van der Waals surface area contributed by atoms with Gasteiger partial charge in [-0.05, 0) is 56.7 Å². The first-order valence-electron chi connectivity index (χ1n) is 11.5. The summed E-state index contributed by atoms with van der Waals surface area (Å²) >= 11 is 0. The Kier molecular flexibility index (Phi) is 10.0. The molecular formula is C26H29F3N4O5. The van der Waals surface area contributed by atoms with Gasteiger partial charge in [-0.1, -0.05) is 24.6 Å². The number of nitrogens with one attached hydrogen (secondary N) is 1. The predicted molar refractivity (Wildman–Crippen MR) is 136 cm³/mol. The number of hydrogen-bond donors (Lipinski definition) is 3. The van der Waals surface area contributed by atoms with Crippen LogP contribution >= 0.6 is 0 Å². The smallest absolute Gasteiger partial charge is 0.478 e. The number of aryl methyl sites for hydroxylation is 3. The summed E-state index contributed by atoms with van der Waals surface area (Å²) in [5.41, 5.74) is 4.60. The maximum Gasteiger partial charge on any atom is 0.490 e. The van der Waals surface area contributed by atoms with Crippen molar-refractivity contribution >= 4 is 29.2 Å². The van der Waals surface area contributed by atoms with Gasteiger partial charge in [-0.15, -0.1) is 0 Å². The van der Waals surface area contributed by atoms with Gasteiger partial charge in [0.1, 0.15) is 0 Å². The van der Waals surface area contributed by atoms with Crippen molar-refractivity contribution in [2.75, 3.05) is 17.3 Å². The first-order chi connectivity index (χ1) is 17.7. The summed E-state index contributed by atoms with van der Waals surface area (Å²) in [6.45, 7) is 7.29. The average molecular weight is 535 g/mol. The number of carboxylic acids is 2. The molecule has 2 aromatic carbocycles. The molecule has 0 saturated heterocycles. The summed E-state index contributed by atoms with van der Waals surface area (Å²) in [4.78, 5) is 35.3. The van der Waals surface area contributed by atoms with Gasteiger partial charge in [0.15, 0.2) is 0 Å². The van der Waals surface area contributed by atoms with Gasteiger partial charge in [0.05, 0.1) is 29.2 Å². The highest BCUT2D eigenvalue weighted by Gasteiger charge is 2.38. The van der Waals surface area contributed by atoms with Crippen molar-refractivity contribution in [2.24, 2.45) is 0 Å². The summed E-state index contributed by atoms with van der Waals surface area (Å²) in [6.07, 6.45) is -4.12. The van der Waals surface area contributed by atoms with Gasteiger partial charge in [-0.25, -0.2) is 9.59 Å². The van der Waals surface area contributed by atoms with Crippen molar-refractivity contribution in [1.82, 2.24) is 9.78 Å². The highest BCUT2D eigenvalue weighted by molar-refractivity contribution is 6.05. The second-order valence-electron chi connectivity index (χ2n) is 8.52. The van der Waals surface area contributed by atoms with E-state index in [0.29, 0.717) is 23.5 Å². The molecule has 0 spiro atoms. The lowest BCUT2D eigenvalue weighted by Crippen LogP contribution is -2.22. The number of anilines is 2. The van der Waals surface area contributed by atoms with E-state index in [1.807, 2.05) is 48.7 Å². The van der Waals surface area contributed by atoms with Crippen LogP contribution in [0.4, 0.5) is 24.5 Å². The molecule has 12 heteroatoms. The fourth-order valence-corrected chi connectivity index (χ4v) is 3.57. The van der Waals surface area contributed by atoms with Crippen molar-refractivity contribution in [3.63, 3.8) is 0 Å². The number of aliphatic carboxylic acids is 1. The van der Waals surface area contributed by atoms with Gasteiger partial charge < -0.3 is 20.4 Å². The highest BCUT2D eigenvalue weighted by Crippen LogP contribution is 2.26. The summed E-state index contributed by atoms with van der Waals surface area (Å²) in [5, 5.41) is 24.2. The van der Waals surface area contributed by atoms with E-state index in [9.17, 15) is 27.9 Å². The zero-order valence-corrected chi connectivity index (χ0v) is 21.3. The van der Waals surface area contributed by atoms with Crippen molar-refractivity contribution in [3.05, 3.63) is 76.6 Å². The number of benzene rings is 2. The Hall–Kier alpha value is -4.35. The maximum atomic E-state index is 12.5. The molecular weight excluding hydrogens is 505 g/mol. The number of carbonyl (C=O) groups excluding carboxylic acids is 1. The number of alkyl halides is 3. The van der Waals surface area contributed by atoms with Gasteiger partial charge in [-0.3, -0.25) is 9.48 Å². The number of hydrogen-bond acceptors (Lipinski definition) is 5. The van der Waals surface area contributed by atoms with Gasteiger partial charge >= 0.3 is 18.1 Å². The van der Waals surface area contributed by atoms with E-state index in [1.165, 1.54) is 6.07 Å². The van der Waals surface area contributed by atoms with Gasteiger partial charge in [0.2, 0.25) is 0 Å². The molecule has 0 radical (unpaired) electrons. The normalized spacial score (nSPS) is 10.8. The van der Waals surface area contributed by atoms with Crippen molar-refractivity contribution in [2.45, 2.75) is 46.5 Å². The quantitative estimate of drug-likeness (QED) is 0.366. The number of carboxylic acid groups (broad SMARTS) is 2. The maximum absolute atomic E-state index is 12.5. The molecule has 1 aromatic heterocycles. The molecule has 3 aromatic rings. The summed E-state index contributed by atoms with van der Waals surface area (Å²) in [6, 6.07) is 14.2. The van der Waals surface area contributed by atoms with Crippen LogP contribution in [0, 0.1) is 13.8 Å². The number of aromatic carboxylic acids is 1. The topological polar surface area (TPSA) is 125 Å². The van der Waals surface area contributed by atoms with Crippen molar-refractivity contribution in [3.8, 4) is 0 Å². The van der Waals surface area contributed by atoms with Gasteiger partial charge in [0, 0.05) is 24.8 Å². The second kappa shape index (κ2) is 12.7. The number of amides is 1. The molecule has 0 unspecified atom stereocenters. The minimum Gasteiger partial charge on any atom is -0.478 e. The Morgan fingerprint density at radius 1 is 1.05 bits per heavy atom. The molecule has 1 heterocycles. The molecule has 0 bridgehead atoms. The van der Waals surface area contributed by atoms with Crippen LogP contribution in [0.1, 0.15) is 51.0 Å². The van der Waals surface area contributed by atoms with Gasteiger partial charge in [-0.2, -0.15) is 18.3 Å². The van der Waals surface area contributed by atoms with E-state index in [-0.39, 0.29) is 11.5 Å². The summed E-state index contributed by atoms with van der Waals surface area (Å²) in [5.74, 6) is -4.08. The molecule has 38 heavy (non-hydrogen) atoms. The SMILES string of the molecule is CCCn1nc(C)cc1CN(C)c1ccc(NC(=O)c2cccc(C)c2)cc1C(=O)O.O=C(O)C(F)(F)F. The number of aromatic nitrogens is 2. The Labute approximate surface area is 217 Å². The van der Waals surface area contributed by atoms with Crippen LogP contribution < -0.4 is 10.2 Å². The molecule has 1 amide bonds. The standard InChI is InChI=1S/C24H28N4O3.C2HF3O2/c1-5-11-28-20(13-17(3)26-28)15-27(4)22-10-9-19(14-21(22)24(30)31)25-23(29)18-8-6-7-16(2)12-18;3-2(4,5)1(6)7/h6-10,12-14H,5,11,15H2,1-4H3,(H,25,29)(H,30,31);(H,6,7). The number of rotatable bonds is 8. The molecule has 0 fully saturated rings. The monoisotopic (exact) mass is 534 g/mol. The van der Waals surface area contributed by atoms with Crippen LogP contribution in [0.5, 0.6) is 0 Å². The molecule has 0 aliphatic carbocycles. The first-order valence-corrected chi connectivity index (χ1v) is 11.5. The molecule has 0 aliphatic heterocycles. The third-order valence-corrected chi connectivity index (χ3v) is 5.24. The Morgan fingerprint density at radius 3 is 2.26 bits per heavy atom. The molecule has 204 valence electrons. The van der Waals surface area contributed by atoms with E-state index < -0.39 is 18.1 Å². The summed E-state index contributed by atoms with van der Waals surface area (Å²) < 4.78 is 33.7. The third kappa shape index (κ3) is 8.36. The Balaban J connectivity index is 0.000000638. The lowest BCUT2D eigenvalue weighted by molar-refractivity contribution is -0.192. The minimum atomic E-state index is -5.08. The first kappa shape index (κ1) is 29.9. The lowest BCUT2D eigenvalue weighted by Gasteiger charge is -2.22. The van der Waals surface area contributed by atoms with Crippen molar-refractivity contribution < 1.29 is 37.8 Å². The zero-order valence-electron chi connectivity index (χ0n) is 21.3. The molecule has 0 saturated carbocycles. The van der Waals surface area contributed by atoms with E-state index in [2.05, 4.69) is 17.3 Å². The molecule has 3 rings (SSSR count). The molecule has 0 aliphatic rings. The van der Waals surface area contributed by atoms with E-state index in [0.717, 1.165) is 29.9 Å². The van der Waals surface area contributed by atoms with E-state index in [1.54, 1.807) is 24.3 Å². The van der Waals surface area contributed by atoms with Crippen LogP contribution in [0.25, 0.3) is 0 Å².